The van der Waals surface area contributed by atoms with Crippen LogP contribution in [0.25, 0.3) is 0 Å². The van der Waals surface area contributed by atoms with Crippen LogP contribution in [0.3, 0.4) is 0 Å². The van der Waals surface area contributed by atoms with Crippen molar-refractivity contribution in [3.8, 4) is 0 Å². The average Bonchev–Trinajstić information content (AvgIpc) is 2.67. The van der Waals surface area contributed by atoms with E-state index in [2.05, 4.69) is 10.0 Å². The summed E-state index contributed by atoms with van der Waals surface area (Å²) in [5.74, 6) is 0.174. The van der Waals surface area contributed by atoms with Gasteiger partial charge in [-0.3, -0.25) is 0 Å². The van der Waals surface area contributed by atoms with Crippen molar-refractivity contribution in [2.45, 2.75) is 18.1 Å². The Morgan fingerprint density at radius 2 is 1.94 bits per heavy atom. The van der Waals surface area contributed by atoms with Crippen LogP contribution in [-0.4, -0.2) is 64.9 Å². The van der Waals surface area contributed by atoms with Gasteiger partial charge in [0.05, 0.1) is 11.0 Å². The summed E-state index contributed by atoms with van der Waals surface area (Å²) < 4.78 is 50.9. The van der Waals surface area contributed by atoms with Crippen LogP contribution in [0.5, 0.6) is 0 Å². The average molecular weight is 297 g/mol. The monoisotopic (exact) mass is 297 g/mol. The van der Waals surface area contributed by atoms with E-state index >= 15 is 0 Å². The largest absolute Gasteiger partial charge is 0.314 e. The second kappa shape index (κ2) is 5.41. The molecule has 2 fully saturated rings. The van der Waals surface area contributed by atoms with Crippen molar-refractivity contribution in [2.75, 3.05) is 38.5 Å². The van der Waals surface area contributed by atoms with E-state index in [1.807, 2.05) is 0 Å². The SMILES string of the molecule is O=S1(=O)CCCC1CNS(=O)(=O)N1CCNCC1. The summed E-state index contributed by atoms with van der Waals surface area (Å²) in [5, 5.41) is 2.51. The smallest absolute Gasteiger partial charge is 0.279 e. The highest BCUT2D eigenvalue weighted by molar-refractivity contribution is 7.92. The Balaban J connectivity index is 1.92. The van der Waals surface area contributed by atoms with Gasteiger partial charge in [-0.25, -0.2) is 13.1 Å². The van der Waals surface area contributed by atoms with Gasteiger partial charge < -0.3 is 5.32 Å². The van der Waals surface area contributed by atoms with Crippen molar-refractivity contribution in [3.63, 3.8) is 0 Å². The fourth-order valence-corrected chi connectivity index (χ4v) is 5.39. The molecule has 0 aromatic carbocycles. The van der Waals surface area contributed by atoms with Crippen LogP contribution in [0.15, 0.2) is 0 Å². The summed E-state index contributed by atoms with van der Waals surface area (Å²) in [6.45, 7) is 2.10. The van der Waals surface area contributed by atoms with Gasteiger partial charge >= 0.3 is 0 Å². The van der Waals surface area contributed by atoms with Crippen molar-refractivity contribution in [1.82, 2.24) is 14.3 Å². The molecule has 2 N–H and O–H groups in total. The molecule has 0 saturated carbocycles. The van der Waals surface area contributed by atoms with Gasteiger partial charge in [-0.2, -0.15) is 12.7 Å². The first-order valence-corrected chi connectivity index (χ1v) is 9.24. The lowest BCUT2D eigenvalue weighted by Gasteiger charge is -2.27. The van der Waals surface area contributed by atoms with E-state index in [0.29, 0.717) is 39.0 Å². The van der Waals surface area contributed by atoms with E-state index in [4.69, 9.17) is 0 Å². The lowest BCUT2D eigenvalue weighted by Crippen LogP contribution is -2.51. The molecule has 0 aliphatic carbocycles. The minimum absolute atomic E-state index is 0.00536. The lowest BCUT2D eigenvalue weighted by atomic mass is 10.2. The normalized spacial score (nSPS) is 29.4. The summed E-state index contributed by atoms with van der Waals surface area (Å²) in [6.07, 6.45) is 1.18. The molecule has 2 aliphatic rings. The van der Waals surface area contributed by atoms with Gasteiger partial charge in [0.15, 0.2) is 9.84 Å². The van der Waals surface area contributed by atoms with Crippen molar-refractivity contribution in [2.24, 2.45) is 0 Å². The van der Waals surface area contributed by atoms with Gasteiger partial charge in [0.25, 0.3) is 10.2 Å². The van der Waals surface area contributed by atoms with Gasteiger partial charge in [-0.1, -0.05) is 0 Å². The molecule has 7 nitrogen and oxygen atoms in total. The predicted molar refractivity (Wildman–Crippen MR) is 68.2 cm³/mol. The standard InChI is InChI=1S/C9H19N3O4S2/c13-17(14)7-1-2-9(17)8-11-18(15,16)12-5-3-10-4-6-12/h9-11H,1-8H2. The molecule has 2 rings (SSSR count). The van der Waals surface area contributed by atoms with Crippen molar-refractivity contribution < 1.29 is 16.8 Å². The number of sulfone groups is 1. The highest BCUT2D eigenvalue weighted by Gasteiger charge is 2.33. The maximum atomic E-state index is 11.9. The zero-order valence-electron chi connectivity index (χ0n) is 10.1. The van der Waals surface area contributed by atoms with Crippen LogP contribution in [0.4, 0.5) is 0 Å². The Labute approximate surface area is 108 Å². The van der Waals surface area contributed by atoms with E-state index in [1.165, 1.54) is 4.31 Å². The van der Waals surface area contributed by atoms with Crippen LogP contribution in [0.1, 0.15) is 12.8 Å². The third-order valence-corrected chi connectivity index (χ3v) is 7.22. The van der Waals surface area contributed by atoms with Crippen LogP contribution in [-0.2, 0) is 20.0 Å². The lowest BCUT2D eigenvalue weighted by molar-refractivity contribution is 0.355. The van der Waals surface area contributed by atoms with Crippen molar-refractivity contribution >= 4 is 20.0 Å². The molecule has 0 aromatic heterocycles. The molecule has 0 amide bonds. The third kappa shape index (κ3) is 3.21. The molecule has 18 heavy (non-hydrogen) atoms. The Kier molecular flexibility index (Phi) is 4.27. The summed E-state index contributed by atoms with van der Waals surface area (Å²) >= 11 is 0. The Bertz CT molecular complexity index is 482. The minimum Gasteiger partial charge on any atom is -0.314 e. The fourth-order valence-electron chi connectivity index (χ4n) is 2.26. The molecule has 0 aromatic rings. The van der Waals surface area contributed by atoms with Gasteiger partial charge in [0.2, 0.25) is 0 Å². The summed E-state index contributed by atoms with van der Waals surface area (Å²) in [6, 6.07) is 0. The molecule has 2 heterocycles. The number of rotatable bonds is 4. The summed E-state index contributed by atoms with van der Waals surface area (Å²) in [5.41, 5.74) is 0. The molecule has 1 atom stereocenters. The van der Waals surface area contributed by atoms with Crippen LogP contribution in [0, 0.1) is 0 Å². The van der Waals surface area contributed by atoms with Gasteiger partial charge in [-0.05, 0) is 12.8 Å². The Morgan fingerprint density at radius 1 is 1.28 bits per heavy atom. The van der Waals surface area contributed by atoms with Crippen molar-refractivity contribution in [3.05, 3.63) is 0 Å². The van der Waals surface area contributed by atoms with Crippen LogP contribution in [0.2, 0.25) is 0 Å². The molecule has 0 spiro atoms. The minimum atomic E-state index is -3.54. The molecular formula is C9H19N3O4S2. The first kappa shape index (κ1) is 14.2. The zero-order chi connectivity index (χ0) is 13.2. The quantitative estimate of drug-likeness (QED) is 0.645. The van der Waals surface area contributed by atoms with E-state index in [9.17, 15) is 16.8 Å². The fraction of sp³-hybridized carbons (Fsp3) is 1.00. The molecule has 9 heteroatoms. The van der Waals surface area contributed by atoms with Crippen molar-refractivity contribution in [1.29, 1.82) is 0 Å². The first-order valence-electron chi connectivity index (χ1n) is 6.09. The second-order valence-corrected chi connectivity index (χ2v) is 8.79. The number of nitrogens with one attached hydrogen (secondary N) is 2. The highest BCUT2D eigenvalue weighted by atomic mass is 32.2. The Morgan fingerprint density at radius 3 is 2.50 bits per heavy atom. The molecule has 106 valence electrons. The van der Waals surface area contributed by atoms with Crippen LogP contribution >= 0.6 is 0 Å². The number of nitrogens with zero attached hydrogens (tertiary/aromatic N) is 1. The van der Waals surface area contributed by atoms with E-state index in [0.717, 1.165) is 0 Å². The summed E-state index contributed by atoms with van der Waals surface area (Å²) in [7, 11) is -6.64. The maximum absolute atomic E-state index is 11.9. The maximum Gasteiger partial charge on any atom is 0.279 e. The topological polar surface area (TPSA) is 95.6 Å². The molecular weight excluding hydrogens is 278 g/mol. The zero-order valence-corrected chi connectivity index (χ0v) is 11.8. The van der Waals surface area contributed by atoms with E-state index in [1.54, 1.807) is 0 Å². The van der Waals surface area contributed by atoms with Crippen LogP contribution < -0.4 is 10.0 Å². The van der Waals surface area contributed by atoms with Gasteiger partial charge in [0, 0.05) is 32.7 Å². The molecule has 0 bridgehead atoms. The van der Waals surface area contributed by atoms with E-state index < -0.39 is 25.3 Å². The molecule has 1 unspecified atom stereocenters. The number of hydrogen-bond acceptors (Lipinski definition) is 5. The third-order valence-electron chi connectivity index (χ3n) is 3.37. The first-order chi connectivity index (χ1) is 8.42. The molecule has 2 saturated heterocycles. The summed E-state index contributed by atoms with van der Waals surface area (Å²) in [4.78, 5) is 0. The molecule has 2 aliphatic heterocycles. The van der Waals surface area contributed by atoms with E-state index in [-0.39, 0.29) is 12.3 Å². The number of piperazine rings is 1. The second-order valence-electron chi connectivity index (χ2n) is 4.63. The van der Waals surface area contributed by atoms with Gasteiger partial charge in [-0.15, -0.1) is 0 Å². The number of hydrogen-bond donors (Lipinski definition) is 2. The predicted octanol–water partition coefficient (Wildman–Crippen LogP) is -1.70. The van der Waals surface area contributed by atoms with Gasteiger partial charge in [0.1, 0.15) is 0 Å². The molecule has 0 radical (unpaired) electrons. The Hall–Kier alpha value is -0.220. The highest BCUT2D eigenvalue weighted by Crippen LogP contribution is 2.19.